The van der Waals surface area contributed by atoms with E-state index in [0.717, 1.165) is 14.9 Å². The molecular formula is C18H16BrF3N2O2S. The lowest BCUT2D eigenvalue weighted by atomic mass is 10.2. The molecule has 2 amide bonds. The molecule has 0 atom stereocenters. The highest BCUT2D eigenvalue weighted by atomic mass is 79.9. The Morgan fingerprint density at radius 2 is 1.78 bits per heavy atom. The summed E-state index contributed by atoms with van der Waals surface area (Å²) in [6, 6.07) is 11.4. The third-order valence-corrected chi connectivity index (χ3v) is 5.04. The zero-order chi connectivity index (χ0) is 20.0. The fourth-order valence-electron chi connectivity index (χ4n) is 2.10. The number of thioether (sulfide) groups is 1. The fourth-order valence-corrected chi connectivity index (χ4v) is 3.39. The predicted octanol–water partition coefficient (Wildman–Crippen LogP) is 4.78. The van der Waals surface area contributed by atoms with E-state index in [4.69, 9.17) is 0 Å². The molecule has 0 spiro atoms. The maximum atomic E-state index is 12.1. The lowest BCUT2D eigenvalue weighted by Gasteiger charge is -2.10. The highest BCUT2D eigenvalue weighted by Crippen LogP contribution is 2.25. The Bertz CT molecular complexity index is 826. The summed E-state index contributed by atoms with van der Waals surface area (Å²) in [6.07, 6.45) is -4.46. The Morgan fingerprint density at radius 3 is 2.37 bits per heavy atom. The van der Waals surface area contributed by atoms with Crippen molar-refractivity contribution in [1.29, 1.82) is 0 Å². The van der Waals surface area contributed by atoms with Gasteiger partial charge < -0.3 is 10.6 Å². The molecule has 0 saturated carbocycles. The predicted molar refractivity (Wildman–Crippen MR) is 103 cm³/mol. The Labute approximate surface area is 167 Å². The van der Waals surface area contributed by atoms with Crippen LogP contribution in [-0.4, -0.2) is 30.3 Å². The number of anilines is 1. The molecule has 9 heteroatoms. The van der Waals surface area contributed by atoms with Crippen molar-refractivity contribution in [1.82, 2.24) is 5.32 Å². The van der Waals surface area contributed by atoms with Gasteiger partial charge in [-0.25, -0.2) is 0 Å². The first kappa shape index (κ1) is 21.3. The summed E-state index contributed by atoms with van der Waals surface area (Å²) >= 11 is 4.78. The largest absolute Gasteiger partial charge is 0.405 e. The number of carbonyl (C=O) groups is 2. The minimum atomic E-state index is -4.46. The van der Waals surface area contributed by atoms with Gasteiger partial charge in [-0.2, -0.15) is 13.2 Å². The molecule has 0 unspecified atom stereocenters. The summed E-state index contributed by atoms with van der Waals surface area (Å²) < 4.78 is 37.3. The van der Waals surface area contributed by atoms with Crippen LogP contribution in [0.15, 0.2) is 51.8 Å². The number of aryl methyl sites for hydroxylation is 1. The lowest BCUT2D eigenvalue weighted by molar-refractivity contribution is -0.123. The van der Waals surface area contributed by atoms with Gasteiger partial charge in [0.25, 0.3) is 5.91 Å². The van der Waals surface area contributed by atoms with Gasteiger partial charge >= 0.3 is 6.18 Å². The zero-order valence-corrected chi connectivity index (χ0v) is 16.6. The summed E-state index contributed by atoms with van der Waals surface area (Å²) in [5, 5.41) is 4.47. The van der Waals surface area contributed by atoms with Crippen molar-refractivity contribution in [3.8, 4) is 0 Å². The van der Waals surface area contributed by atoms with Crippen LogP contribution < -0.4 is 10.6 Å². The van der Waals surface area contributed by atoms with Gasteiger partial charge in [-0.05, 0) is 55.0 Å². The highest BCUT2D eigenvalue weighted by molar-refractivity contribution is 9.10. The Morgan fingerprint density at radius 1 is 1.11 bits per heavy atom. The van der Waals surface area contributed by atoms with E-state index in [-0.39, 0.29) is 17.2 Å². The molecule has 0 saturated heterocycles. The van der Waals surface area contributed by atoms with Gasteiger partial charge in [0.05, 0.1) is 5.75 Å². The van der Waals surface area contributed by atoms with Crippen molar-refractivity contribution in [2.75, 3.05) is 17.6 Å². The Balaban J connectivity index is 1.86. The van der Waals surface area contributed by atoms with Crippen molar-refractivity contribution in [3.05, 3.63) is 58.1 Å². The number of alkyl halides is 3. The zero-order valence-electron chi connectivity index (χ0n) is 14.2. The van der Waals surface area contributed by atoms with Crippen LogP contribution in [0.3, 0.4) is 0 Å². The molecule has 2 N–H and O–H groups in total. The van der Waals surface area contributed by atoms with E-state index in [9.17, 15) is 22.8 Å². The summed E-state index contributed by atoms with van der Waals surface area (Å²) in [7, 11) is 0. The standard InChI is InChI=1S/C18H16BrF3N2O2S/c1-11-8-13(19)4-7-15(11)27-9-16(25)24-14-5-2-12(3-6-14)17(26)23-10-18(20,21)22/h2-8H,9-10H2,1H3,(H,23,26)(H,24,25). The maximum Gasteiger partial charge on any atom is 0.405 e. The summed E-state index contributed by atoms with van der Waals surface area (Å²) in [6.45, 7) is 0.560. The third kappa shape index (κ3) is 7.26. The molecule has 2 rings (SSSR count). The van der Waals surface area contributed by atoms with E-state index in [1.807, 2.05) is 25.1 Å². The van der Waals surface area contributed by atoms with Crippen LogP contribution in [0.2, 0.25) is 0 Å². The third-order valence-electron chi connectivity index (χ3n) is 3.38. The van der Waals surface area contributed by atoms with E-state index in [2.05, 4.69) is 21.2 Å². The van der Waals surface area contributed by atoms with Crippen molar-refractivity contribution in [2.45, 2.75) is 18.0 Å². The van der Waals surface area contributed by atoms with E-state index in [1.165, 1.54) is 36.0 Å². The van der Waals surface area contributed by atoms with Crippen molar-refractivity contribution in [2.24, 2.45) is 0 Å². The number of carbonyl (C=O) groups excluding carboxylic acids is 2. The second-order valence-electron chi connectivity index (χ2n) is 5.62. The first-order valence-corrected chi connectivity index (χ1v) is 9.56. The van der Waals surface area contributed by atoms with Crippen LogP contribution in [0.4, 0.5) is 18.9 Å². The summed E-state index contributed by atoms with van der Waals surface area (Å²) in [5.41, 5.74) is 1.59. The molecule has 0 aliphatic carbocycles. The van der Waals surface area contributed by atoms with Crippen LogP contribution in [0.5, 0.6) is 0 Å². The monoisotopic (exact) mass is 460 g/mol. The molecule has 0 aromatic heterocycles. The van der Waals surface area contributed by atoms with Gasteiger partial charge in [0.2, 0.25) is 5.91 Å². The quantitative estimate of drug-likeness (QED) is 0.609. The van der Waals surface area contributed by atoms with Gasteiger partial charge in [0.1, 0.15) is 6.54 Å². The van der Waals surface area contributed by atoms with Gasteiger partial charge in [-0.3, -0.25) is 9.59 Å². The molecule has 0 heterocycles. The van der Waals surface area contributed by atoms with Crippen LogP contribution in [0, 0.1) is 6.92 Å². The number of benzene rings is 2. The van der Waals surface area contributed by atoms with Crippen LogP contribution in [-0.2, 0) is 4.79 Å². The molecule has 0 fully saturated rings. The topological polar surface area (TPSA) is 58.2 Å². The minimum absolute atomic E-state index is 0.0807. The van der Waals surface area contributed by atoms with Gasteiger partial charge in [-0.1, -0.05) is 15.9 Å². The van der Waals surface area contributed by atoms with Crippen LogP contribution in [0.25, 0.3) is 0 Å². The highest BCUT2D eigenvalue weighted by Gasteiger charge is 2.27. The molecule has 0 aliphatic heterocycles. The molecule has 2 aromatic carbocycles. The van der Waals surface area contributed by atoms with E-state index >= 15 is 0 Å². The number of hydrogen-bond acceptors (Lipinski definition) is 3. The molecule has 0 radical (unpaired) electrons. The fraction of sp³-hybridized carbons (Fsp3) is 0.222. The number of amides is 2. The SMILES string of the molecule is Cc1cc(Br)ccc1SCC(=O)Nc1ccc(C(=O)NCC(F)(F)F)cc1. The van der Waals surface area contributed by atoms with E-state index in [1.54, 1.807) is 5.32 Å². The van der Waals surface area contributed by atoms with Crippen LogP contribution >= 0.6 is 27.7 Å². The molecule has 4 nitrogen and oxygen atoms in total. The average Bonchev–Trinajstić information content (AvgIpc) is 2.59. The first-order chi connectivity index (χ1) is 12.6. The Kier molecular flexibility index (Phi) is 7.32. The van der Waals surface area contributed by atoms with Crippen molar-refractivity contribution in [3.63, 3.8) is 0 Å². The normalized spacial score (nSPS) is 11.1. The summed E-state index contributed by atoms with van der Waals surface area (Å²) in [4.78, 5) is 24.7. The number of rotatable bonds is 6. The number of halogens is 4. The summed E-state index contributed by atoms with van der Waals surface area (Å²) in [5.74, 6) is -0.848. The average molecular weight is 461 g/mol. The smallest absolute Gasteiger partial charge is 0.343 e. The second kappa shape index (κ2) is 9.27. The van der Waals surface area contributed by atoms with Crippen molar-refractivity contribution >= 4 is 45.2 Å². The van der Waals surface area contributed by atoms with Gasteiger partial charge in [-0.15, -0.1) is 11.8 Å². The maximum absolute atomic E-state index is 12.1. The van der Waals surface area contributed by atoms with Crippen molar-refractivity contribution < 1.29 is 22.8 Å². The first-order valence-electron chi connectivity index (χ1n) is 7.78. The van der Waals surface area contributed by atoms with E-state index < -0.39 is 18.6 Å². The van der Waals surface area contributed by atoms with E-state index in [0.29, 0.717) is 5.69 Å². The Hall–Kier alpha value is -2.00. The molecule has 144 valence electrons. The van der Waals surface area contributed by atoms with Crippen LogP contribution in [0.1, 0.15) is 15.9 Å². The second-order valence-corrected chi connectivity index (χ2v) is 7.55. The molecule has 0 aliphatic rings. The molecule has 0 bridgehead atoms. The minimum Gasteiger partial charge on any atom is -0.343 e. The van der Waals surface area contributed by atoms with Gasteiger partial charge in [0.15, 0.2) is 0 Å². The molecule has 2 aromatic rings. The number of nitrogens with one attached hydrogen (secondary N) is 2. The number of hydrogen-bond donors (Lipinski definition) is 2. The lowest BCUT2D eigenvalue weighted by Crippen LogP contribution is -2.33. The van der Waals surface area contributed by atoms with Gasteiger partial charge in [0, 0.05) is 20.6 Å². The molecular weight excluding hydrogens is 445 g/mol. The molecule has 27 heavy (non-hydrogen) atoms.